The van der Waals surface area contributed by atoms with Gasteiger partial charge >= 0.3 is 5.97 Å². The van der Waals surface area contributed by atoms with Gasteiger partial charge in [0, 0.05) is 49.1 Å². The molecule has 2 saturated heterocycles. The first kappa shape index (κ1) is 29.8. The van der Waals surface area contributed by atoms with Crippen molar-refractivity contribution in [2.75, 3.05) is 33.4 Å². The molecule has 0 spiro atoms. The zero-order valence-corrected chi connectivity index (χ0v) is 23.5. The van der Waals surface area contributed by atoms with Crippen molar-refractivity contribution >= 4 is 5.97 Å². The highest BCUT2D eigenvalue weighted by Gasteiger charge is 2.40. The number of likely N-dealkylation sites (tertiary alicyclic amines) is 1. The summed E-state index contributed by atoms with van der Waals surface area (Å²) in [5.74, 6) is -3.66. The molecule has 7 nitrogen and oxygen atoms in total. The summed E-state index contributed by atoms with van der Waals surface area (Å²) in [4.78, 5) is 19.1. The topological polar surface area (TPSA) is 81.1 Å². The fourth-order valence-electron chi connectivity index (χ4n) is 6.34. The molecule has 3 atom stereocenters. The van der Waals surface area contributed by atoms with Crippen LogP contribution in [0.25, 0.3) is 0 Å². The maximum Gasteiger partial charge on any atom is 0.325 e. The van der Waals surface area contributed by atoms with Crippen LogP contribution in [0.2, 0.25) is 0 Å². The third-order valence-corrected chi connectivity index (χ3v) is 8.45. The number of aryl methyl sites for hydroxylation is 2. The maximum absolute atomic E-state index is 14.3. The van der Waals surface area contributed by atoms with Crippen molar-refractivity contribution in [3.8, 4) is 5.75 Å². The van der Waals surface area contributed by atoms with E-state index in [-0.39, 0.29) is 24.5 Å². The average molecular weight is 577 g/mol. The number of fused-ring (bicyclic) bond motifs is 1. The lowest BCUT2D eigenvalue weighted by molar-refractivity contribution is -0.147. The summed E-state index contributed by atoms with van der Waals surface area (Å²) in [6.07, 6.45) is 6.45. The molecule has 5 rings (SSSR count). The van der Waals surface area contributed by atoms with Crippen LogP contribution >= 0.6 is 0 Å². The summed E-state index contributed by atoms with van der Waals surface area (Å²) >= 11 is 0. The van der Waals surface area contributed by atoms with Gasteiger partial charge < -0.3 is 19.3 Å². The van der Waals surface area contributed by atoms with Crippen molar-refractivity contribution in [2.24, 2.45) is 0 Å². The van der Waals surface area contributed by atoms with Crippen LogP contribution in [-0.4, -0.2) is 66.4 Å². The number of carboxylic acid groups (broad SMARTS) is 1. The third-order valence-electron chi connectivity index (χ3n) is 8.45. The first-order chi connectivity index (χ1) is 19.7. The van der Waals surface area contributed by atoms with Gasteiger partial charge in [-0.3, -0.25) is 14.7 Å². The Kier molecular flexibility index (Phi) is 9.51. The second kappa shape index (κ2) is 13.1. The van der Waals surface area contributed by atoms with Crippen LogP contribution in [0.1, 0.15) is 85.2 Å². The van der Waals surface area contributed by atoms with Crippen molar-refractivity contribution in [2.45, 2.75) is 88.4 Å². The Morgan fingerprint density at radius 1 is 1.22 bits per heavy atom. The van der Waals surface area contributed by atoms with E-state index in [2.05, 4.69) is 6.07 Å². The standard InChI is InChI=1S/C31H39F3N2O5/c1-39-28-17-21(35-26-8-3-2-7-24(26)28)6-4-5-15-40-22-12-14-36(18-22)29(30(37)38)25-16-20(32)9-10-23(25)27-11-13-31(33,34)19-41-27/h9-10,16-17,22,27,29H,2-8,11-15,18-19H2,1H3,(H,37,38)/t22-,27?,29?/m1/s1. The molecule has 10 heteroatoms. The van der Waals surface area contributed by atoms with Crippen molar-refractivity contribution in [3.05, 3.63) is 58.2 Å². The van der Waals surface area contributed by atoms with Crippen LogP contribution in [0, 0.1) is 5.82 Å². The lowest BCUT2D eigenvalue weighted by atomic mass is 9.91. The number of aromatic nitrogens is 1. The number of aliphatic carboxylic acids is 1. The predicted molar refractivity (Wildman–Crippen MR) is 146 cm³/mol. The smallest absolute Gasteiger partial charge is 0.325 e. The van der Waals surface area contributed by atoms with E-state index in [9.17, 15) is 23.1 Å². The van der Waals surface area contributed by atoms with Gasteiger partial charge in [-0.25, -0.2) is 13.2 Å². The highest BCUT2D eigenvalue weighted by atomic mass is 19.3. The van der Waals surface area contributed by atoms with E-state index in [0.29, 0.717) is 31.7 Å². The van der Waals surface area contributed by atoms with Gasteiger partial charge in [-0.05, 0) is 81.0 Å². The van der Waals surface area contributed by atoms with Crippen molar-refractivity contribution < 1.29 is 37.3 Å². The van der Waals surface area contributed by atoms with E-state index in [1.54, 1.807) is 12.0 Å². The van der Waals surface area contributed by atoms with Crippen molar-refractivity contribution in [1.82, 2.24) is 9.88 Å². The Bertz CT molecular complexity index is 1200. The van der Waals surface area contributed by atoms with Gasteiger partial charge in [-0.15, -0.1) is 0 Å². The number of methoxy groups -OCH3 is 1. The number of nitrogens with zero attached hydrogens (tertiary/aromatic N) is 2. The first-order valence-electron chi connectivity index (χ1n) is 14.7. The van der Waals surface area contributed by atoms with E-state index in [4.69, 9.17) is 19.2 Å². The van der Waals surface area contributed by atoms with Gasteiger partial charge in [0.2, 0.25) is 0 Å². The Morgan fingerprint density at radius 2 is 2.05 bits per heavy atom. The normalized spacial score (nSPS) is 23.2. The minimum Gasteiger partial charge on any atom is -0.496 e. The Labute approximate surface area is 239 Å². The second-order valence-electron chi connectivity index (χ2n) is 11.4. The summed E-state index contributed by atoms with van der Waals surface area (Å²) in [5, 5.41) is 10.2. The molecule has 2 fully saturated rings. The summed E-state index contributed by atoms with van der Waals surface area (Å²) in [7, 11) is 1.71. The fourth-order valence-corrected chi connectivity index (χ4v) is 6.34. The summed E-state index contributed by atoms with van der Waals surface area (Å²) in [6.45, 7) is 0.676. The number of alkyl halides is 2. The molecule has 224 valence electrons. The Hall–Kier alpha value is -2.69. The molecule has 2 aromatic rings. The minimum absolute atomic E-state index is 0.0392. The van der Waals surface area contributed by atoms with E-state index in [1.165, 1.54) is 30.2 Å². The average Bonchev–Trinajstić information content (AvgIpc) is 3.41. The minimum atomic E-state index is -2.91. The molecule has 2 aliphatic heterocycles. The first-order valence-corrected chi connectivity index (χ1v) is 14.7. The zero-order chi connectivity index (χ0) is 29.0. The SMILES string of the molecule is COc1cc(CCCCO[C@@H]2CCN(C(C(=O)O)c3cc(F)ccc3C3CCC(F)(F)CO3)C2)nc2c1CCCC2. The third kappa shape index (κ3) is 7.21. The van der Waals surface area contributed by atoms with E-state index in [1.807, 2.05) is 0 Å². The monoisotopic (exact) mass is 576 g/mol. The molecule has 1 aromatic heterocycles. The molecule has 41 heavy (non-hydrogen) atoms. The number of halogens is 3. The van der Waals surface area contributed by atoms with Crippen molar-refractivity contribution in [3.63, 3.8) is 0 Å². The summed E-state index contributed by atoms with van der Waals surface area (Å²) in [5.41, 5.74) is 4.15. The van der Waals surface area contributed by atoms with Gasteiger partial charge in [0.25, 0.3) is 5.92 Å². The molecule has 3 aliphatic rings. The van der Waals surface area contributed by atoms with Gasteiger partial charge in [0.15, 0.2) is 0 Å². The molecule has 0 radical (unpaired) electrons. The Balaban J connectivity index is 1.15. The maximum atomic E-state index is 14.3. The molecule has 1 aliphatic carbocycles. The number of hydrogen-bond donors (Lipinski definition) is 1. The number of carbonyl (C=O) groups is 1. The van der Waals surface area contributed by atoms with Crippen molar-refractivity contribution in [1.29, 1.82) is 0 Å². The number of ether oxygens (including phenoxy) is 3. The molecule has 0 bridgehead atoms. The van der Waals surface area contributed by atoms with Gasteiger partial charge in [-0.1, -0.05) is 6.07 Å². The lowest BCUT2D eigenvalue weighted by Crippen LogP contribution is -2.36. The largest absolute Gasteiger partial charge is 0.496 e. The Morgan fingerprint density at radius 3 is 2.80 bits per heavy atom. The summed E-state index contributed by atoms with van der Waals surface area (Å²) in [6, 6.07) is 4.81. The van der Waals surface area contributed by atoms with E-state index < -0.39 is 36.5 Å². The van der Waals surface area contributed by atoms with Gasteiger partial charge in [0.1, 0.15) is 24.2 Å². The zero-order valence-electron chi connectivity index (χ0n) is 23.5. The van der Waals surface area contributed by atoms with Crippen LogP contribution in [-0.2, 0) is 33.5 Å². The van der Waals surface area contributed by atoms with Crippen LogP contribution in [0.5, 0.6) is 5.75 Å². The summed E-state index contributed by atoms with van der Waals surface area (Å²) < 4.78 is 58.7. The molecule has 1 aromatic carbocycles. The molecular formula is C31H39F3N2O5. The molecule has 0 amide bonds. The van der Waals surface area contributed by atoms with Crippen LogP contribution in [0.15, 0.2) is 24.3 Å². The number of carboxylic acids is 1. The molecule has 0 saturated carbocycles. The lowest BCUT2D eigenvalue weighted by Gasteiger charge is -2.32. The highest BCUT2D eigenvalue weighted by molar-refractivity contribution is 5.76. The quantitative estimate of drug-likeness (QED) is 0.337. The fraction of sp³-hybridized carbons (Fsp3) is 0.613. The molecule has 3 heterocycles. The predicted octanol–water partition coefficient (Wildman–Crippen LogP) is 5.83. The van der Waals surface area contributed by atoms with E-state index >= 15 is 0 Å². The molecular weight excluding hydrogens is 537 g/mol. The highest BCUT2D eigenvalue weighted by Crippen LogP contribution is 2.40. The number of rotatable bonds is 11. The van der Waals surface area contributed by atoms with Gasteiger partial charge in [-0.2, -0.15) is 0 Å². The van der Waals surface area contributed by atoms with Crippen LogP contribution < -0.4 is 4.74 Å². The van der Waals surface area contributed by atoms with Gasteiger partial charge in [0.05, 0.1) is 19.3 Å². The van der Waals surface area contributed by atoms with Crippen LogP contribution in [0.3, 0.4) is 0 Å². The van der Waals surface area contributed by atoms with E-state index in [0.717, 1.165) is 55.7 Å². The van der Waals surface area contributed by atoms with Crippen LogP contribution in [0.4, 0.5) is 13.2 Å². The number of benzene rings is 1. The number of unbranched alkanes of at least 4 members (excludes halogenated alkanes) is 1. The molecule has 1 N–H and O–H groups in total. The molecule has 2 unspecified atom stereocenters. The number of hydrogen-bond acceptors (Lipinski definition) is 6. The second-order valence-corrected chi connectivity index (χ2v) is 11.4. The number of pyridine rings is 1.